The van der Waals surface area contributed by atoms with E-state index in [-0.39, 0.29) is 10.2 Å². The molecular weight excluding hydrogens is 303 g/mol. The third-order valence-electron chi connectivity index (χ3n) is 1.61. The standard InChI is InChI=1S/C8H6BrFN2O5/c9-4-1-7(12(15)16)6(2-5(4)10)11-17-3-8(13)14/h1-2,11H,3H2,(H,13,14). The number of nitro groups is 1. The van der Waals surface area contributed by atoms with Crippen LogP contribution in [0.15, 0.2) is 16.6 Å². The molecule has 2 N–H and O–H groups in total. The molecule has 0 spiro atoms. The molecular formula is C8H6BrFN2O5. The SMILES string of the molecule is O=C(O)CONc1cc(F)c(Br)cc1[N+](=O)[O-]. The molecule has 0 aliphatic carbocycles. The molecule has 1 rings (SSSR count). The fourth-order valence-corrected chi connectivity index (χ4v) is 1.28. The van der Waals surface area contributed by atoms with Crippen LogP contribution in [0.3, 0.4) is 0 Å². The summed E-state index contributed by atoms with van der Waals surface area (Å²) in [5.74, 6) is -2.00. The largest absolute Gasteiger partial charge is 0.479 e. The molecule has 0 amide bonds. The molecule has 0 saturated carbocycles. The third kappa shape index (κ3) is 3.64. The zero-order valence-electron chi connectivity index (χ0n) is 8.15. The first-order chi connectivity index (χ1) is 7.91. The van der Waals surface area contributed by atoms with E-state index in [1.165, 1.54) is 0 Å². The van der Waals surface area contributed by atoms with Gasteiger partial charge in [-0.05, 0) is 15.9 Å². The van der Waals surface area contributed by atoms with E-state index >= 15 is 0 Å². The zero-order valence-corrected chi connectivity index (χ0v) is 9.73. The van der Waals surface area contributed by atoms with E-state index in [9.17, 15) is 19.3 Å². The summed E-state index contributed by atoms with van der Waals surface area (Å²) in [6.07, 6.45) is 0. The second-order valence-electron chi connectivity index (χ2n) is 2.83. The van der Waals surface area contributed by atoms with Crippen molar-refractivity contribution in [3.8, 4) is 0 Å². The van der Waals surface area contributed by atoms with E-state index in [1.54, 1.807) is 0 Å². The molecule has 0 atom stereocenters. The van der Waals surface area contributed by atoms with E-state index in [4.69, 9.17) is 5.11 Å². The summed E-state index contributed by atoms with van der Waals surface area (Å²) in [7, 11) is 0. The number of halogens is 2. The Morgan fingerprint density at radius 3 is 2.82 bits per heavy atom. The van der Waals surface area contributed by atoms with E-state index in [1.807, 2.05) is 5.48 Å². The zero-order chi connectivity index (χ0) is 13.0. The van der Waals surface area contributed by atoms with E-state index in [0.717, 1.165) is 12.1 Å². The smallest absolute Gasteiger partial charge is 0.332 e. The van der Waals surface area contributed by atoms with Gasteiger partial charge >= 0.3 is 5.97 Å². The molecule has 92 valence electrons. The van der Waals surface area contributed by atoms with Gasteiger partial charge in [-0.2, -0.15) is 0 Å². The van der Waals surface area contributed by atoms with Crippen molar-refractivity contribution in [3.63, 3.8) is 0 Å². The predicted octanol–water partition coefficient (Wildman–Crippen LogP) is 1.92. The number of nitrogens with zero attached hydrogens (tertiary/aromatic N) is 1. The van der Waals surface area contributed by atoms with Crippen LogP contribution in [0.2, 0.25) is 0 Å². The Morgan fingerprint density at radius 1 is 1.65 bits per heavy atom. The van der Waals surface area contributed by atoms with Gasteiger partial charge in [0.25, 0.3) is 5.69 Å². The molecule has 9 heteroatoms. The molecule has 1 aromatic carbocycles. The fourth-order valence-electron chi connectivity index (χ4n) is 0.945. The second-order valence-corrected chi connectivity index (χ2v) is 3.68. The van der Waals surface area contributed by atoms with Crippen molar-refractivity contribution < 1.29 is 24.1 Å². The summed E-state index contributed by atoms with van der Waals surface area (Å²) < 4.78 is 13.1. The molecule has 7 nitrogen and oxygen atoms in total. The Morgan fingerprint density at radius 2 is 2.29 bits per heavy atom. The molecule has 0 heterocycles. The summed E-state index contributed by atoms with van der Waals surface area (Å²) in [4.78, 5) is 24.5. The lowest BCUT2D eigenvalue weighted by Crippen LogP contribution is -2.12. The van der Waals surface area contributed by atoms with Crippen LogP contribution in [0.25, 0.3) is 0 Å². The van der Waals surface area contributed by atoms with Gasteiger partial charge in [0.05, 0.1) is 9.40 Å². The van der Waals surface area contributed by atoms with Gasteiger partial charge in [0.1, 0.15) is 11.5 Å². The van der Waals surface area contributed by atoms with Crippen molar-refractivity contribution >= 4 is 33.3 Å². The lowest BCUT2D eigenvalue weighted by atomic mass is 10.2. The molecule has 0 saturated heterocycles. The van der Waals surface area contributed by atoms with Crippen LogP contribution in [0, 0.1) is 15.9 Å². The van der Waals surface area contributed by atoms with Gasteiger partial charge in [0.2, 0.25) is 0 Å². The summed E-state index contributed by atoms with van der Waals surface area (Å²) in [5.41, 5.74) is 1.30. The lowest BCUT2D eigenvalue weighted by Gasteiger charge is -2.06. The highest BCUT2D eigenvalue weighted by molar-refractivity contribution is 9.10. The highest BCUT2D eigenvalue weighted by Gasteiger charge is 2.17. The normalized spacial score (nSPS) is 10.0. The first kappa shape index (κ1) is 13.3. The van der Waals surface area contributed by atoms with Crippen molar-refractivity contribution in [2.24, 2.45) is 0 Å². The third-order valence-corrected chi connectivity index (χ3v) is 2.22. The number of hydrogen-bond acceptors (Lipinski definition) is 5. The van der Waals surface area contributed by atoms with Crippen molar-refractivity contribution in [1.82, 2.24) is 0 Å². The van der Waals surface area contributed by atoms with Crippen LogP contribution in [-0.4, -0.2) is 22.6 Å². The molecule has 0 radical (unpaired) electrons. The maximum atomic E-state index is 13.1. The van der Waals surface area contributed by atoms with E-state index in [0.29, 0.717) is 0 Å². The minimum absolute atomic E-state index is 0.0759. The quantitative estimate of drug-likeness (QED) is 0.636. The van der Waals surface area contributed by atoms with Crippen LogP contribution in [0.1, 0.15) is 0 Å². The van der Waals surface area contributed by atoms with Gasteiger partial charge in [-0.25, -0.2) is 9.18 Å². The molecule has 0 bridgehead atoms. The molecule has 0 fully saturated rings. The highest BCUT2D eigenvalue weighted by Crippen LogP contribution is 2.30. The Bertz CT molecular complexity index is 467. The van der Waals surface area contributed by atoms with Crippen molar-refractivity contribution in [2.75, 3.05) is 12.1 Å². The molecule has 0 aliphatic heterocycles. The van der Waals surface area contributed by atoms with Crippen molar-refractivity contribution in [3.05, 3.63) is 32.5 Å². The average Bonchev–Trinajstić information content (AvgIpc) is 2.22. The fraction of sp³-hybridized carbons (Fsp3) is 0.125. The monoisotopic (exact) mass is 308 g/mol. The Labute approximate surface area is 102 Å². The average molecular weight is 309 g/mol. The number of nitro benzene ring substituents is 1. The van der Waals surface area contributed by atoms with Crippen LogP contribution < -0.4 is 5.48 Å². The number of carboxylic acids is 1. The summed E-state index contributed by atoms with van der Waals surface area (Å²) in [6, 6.07) is 1.77. The first-order valence-electron chi connectivity index (χ1n) is 4.15. The van der Waals surface area contributed by atoms with Crippen molar-refractivity contribution in [2.45, 2.75) is 0 Å². The Hall–Kier alpha value is -1.74. The van der Waals surface area contributed by atoms with Crippen LogP contribution in [0.4, 0.5) is 15.8 Å². The van der Waals surface area contributed by atoms with E-state index < -0.39 is 29.0 Å². The van der Waals surface area contributed by atoms with Gasteiger partial charge in [-0.15, -0.1) is 0 Å². The number of carbonyl (C=O) groups is 1. The van der Waals surface area contributed by atoms with Crippen molar-refractivity contribution in [1.29, 1.82) is 0 Å². The molecule has 0 unspecified atom stereocenters. The first-order valence-corrected chi connectivity index (χ1v) is 4.94. The van der Waals surface area contributed by atoms with Gasteiger partial charge in [0, 0.05) is 12.1 Å². The predicted molar refractivity (Wildman–Crippen MR) is 58.0 cm³/mol. The topological polar surface area (TPSA) is 102 Å². The number of rotatable bonds is 5. The molecule has 0 aliphatic rings. The summed E-state index contributed by atoms with van der Waals surface area (Å²) in [5, 5.41) is 18.9. The van der Waals surface area contributed by atoms with E-state index in [2.05, 4.69) is 20.8 Å². The summed E-state index contributed by atoms with van der Waals surface area (Å²) in [6.45, 7) is -0.713. The minimum Gasteiger partial charge on any atom is -0.479 e. The van der Waals surface area contributed by atoms with Gasteiger partial charge < -0.3 is 5.11 Å². The van der Waals surface area contributed by atoms with Gasteiger partial charge in [-0.1, -0.05) is 0 Å². The number of hydrogen-bond donors (Lipinski definition) is 2. The number of benzene rings is 1. The number of nitrogens with one attached hydrogen (secondary N) is 1. The lowest BCUT2D eigenvalue weighted by molar-refractivity contribution is -0.384. The molecule has 17 heavy (non-hydrogen) atoms. The Balaban J connectivity index is 2.92. The van der Waals surface area contributed by atoms with Crippen LogP contribution in [0.5, 0.6) is 0 Å². The molecule has 0 aromatic heterocycles. The molecule has 1 aromatic rings. The van der Waals surface area contributed by atoms with Gasteiger partial charge in [-0.3, -0.25) is 20.4 Å². The van der Waals surface area contributed by atoms with Crippen LogP contribution in [-0.2, 0) is 9.63 Å². The van der Waals surface area contributed by atoms with Crippen LogP contribution >= 0.6 is 15.9 Å². The maximum Gasteiger partial charge on any atom is 0.332 e. The number of anilines is 1. The minimum atomic E-state index is -1.27. The maximum absolute atomic E-state index is 13.1. The van der Waals surface area contributed by atoms with Gasteiger partial charge in [0.15, 0.2) is 6.61 Å². The number of aliphatic carboxylic acids is 1. The second kappa shape index (κ2) is 5.55. The highest BCUT2D eigenvalue weighted by atomic mass is 79.9. The Kier molecular flexibility index (Phi) is 4.35. The summed E-state index contributed by atoms with van der Waals surface area (Å²) >= 11 is 2.80. The number of carboxylic acid groups (broad SMARTS) is 1.